The lowest BCUT2D eigenvalue weighted by Gasteiger charge is -2.04. The third-order valence-corrected chi connectivity index (χ3v) is 1.63. The van der Waals surface area contributed by atoms with Crippen LogP contribution in [0.3, 0.4) is 0 Å². The van der Waals surface area contributed by atoms with E-state index in [9.17, 15) is 14.5 Å². The first-order valence-electron chi connectivity index (χ1n) is 3.63. The molecule has 5 heteroatoms. The number of nitro benzene ring substituents is 1. The molecule has 1 aromatic rings. The van der Waals surface area contributed by atoms with E-state index < -0.39 is 17.7 Å². The smallest absolute Gasteiger partial charge is 0.269 e. The minimum absolute atomic E-state index is 0.0743. The molecule has 0 saturated heterocycles. The van der Waals surface area contributed by atoms with Crippen LogP contribution in [0.1, 0.15) is 11.7 Å². The van der Waals surface area contributed by atoms with Gasteiger partial charge in [-0.15, -0.1) is 0 Å². The van der Waals surface area contributed by atoms with Crippen molar-refractivity contribution in [1.29, 1.82) is 0 Å². The molecule has 0 saturated carbocycles. The van der Waals surface area contributed by atoms with Crippen LogP contribution in [0, 0.1) is 10.1 Å². The van der Waals surface area contributed by atoms with E-state index >= 15 is 0 Å². The molecule has 0 radical (unpaired) electrons. The number of hydrogen-bond donors (Lipinski definition) is 1. The van der Waals surface area contributed by atoms with E-state index in [2.05, 4.69) is 0 Å². The monoisotopic (exact) mass is 185 g/mol. The molecule has 70 valence electrons. The largest absolute Gasteiger partial charge is 0.386 e. The predicted octanol–water partition coefficient (Wildman–Crippen LogP) is 1.60. The first kappa shape index (κ1) is 9.60. The van der Waals surface area contributed by atoms with Gasteiger partial charge in [-0.25, -0.2) is 4.39 Å². The van der Waals surface area contributed by atoms with Crippen LogP contribution in [-0.4, -0.2) is 16.7 Å². The fraction of sp³-hybridized carbons (Fsp3) is 0.250. The van der Waals surface area contributed by atoms with E-state index in [1.165, 1.54) is 24.3 Å². The Morgan fingerprint density at radius 3 is 2.38 bits per heavy atom. The Morgan fingerprint density at radius 2 is 2.00 bits per heavy atom. The number of nitro groups is 1. The third kappa shape index (κ3) is 2.22. The molecule has 1 aromatic carbocycles. The molecular weight excluding hydrogens is 177 g/mol. The maximum atomic E-state index is 11.9. The molecule has 13 heavy (non-hydrogen) atoms. The van der Waals surface area contributed by atoms with Crippen LogP contribution in [0.2, 0.25) is 0 Å². The number of rotatable bonds is 3. The van der Waals surface area contributed by atoms with Gasteiger partial charge in [0.25, 0.3) is 5.69 Å². The van der Waals surface area contributed by atoms with Gasteiger partial charge in [-0.05, 0) is 17.7 Å². The van der Waals surface area contributed by atoms with Crippen molar-refractivity contribution >= 4 is 5.69 Å². The van der Waals surface area contributed by atoms with Gasteiger partial charge in [-0.3, -0.25) is 10.1 Å². The van der Waals surface area contributed by atoms with Crippen molar-refractivity contribution in [3.63, 3.8) is 0 Å². The highest BCUT2D eigenvalue weighted by Crippen LogP contribution is 2.17. The zero-order chi connectivity index (χ0) is 9.84. The van der Waals surface area contributed by atoms with Gasteiger partial charge >= 0.3 is 0 Å². The Kier molecular flexibility index (Phi) is 2.92. The number of aliphatic hydroxyl groups excluding tert-OH is 1. The van der Waals surface area contributed by atoms with Gasteiger partial charge in [-0.2, -0.15) is 0 Å². The van der Waals surface area contributed by atoms with E-state index in [1.807, 2.05) is 0 Å². The molecule has 4 nitrogen and oxygen atoms in total. The zero-order valence-electron chi connectivity index (χ0n) is 6.68. The van der Waals surface area contributed by atoms with Gasteiger partial charge in [0.05, 0.1) is 4.92 Å². The summed E-state index contributed by atoms with van der Waals surface area (Å²) in [4.78, 5) is 9.67. The van der Waals surface area contributed by atoms with Gasteiger partial charge in [0, 0.05) is 12.1 Å². The molecule has 1 atom stereocenters. The quantitative estimate of drug-likeness (QED) is 0.574. The van der Waals surface area contributed by atoms with Gasteiger partial charge in [0.15, 0.2) is 0 Å². The van der Waals surface area contributed by atoms with Crippen molar-refractivity contribution in [3.05, 3.63) is 39.9 Å². The minimum Gasteiger partial charge on any atom is -0.386 e. The first-order chi connectivity index (χ1) is 6.15. The zero-order valence-corrected chi connectivity index (χ0v) is 6.68. The van der Waals surface area contributed by atoms with Crippen molar-refractivity contribution in [3.8, 4) is 0 Å². The second-order valence-electron chi connectivity index (χ2n) is 2.52. The maximum absolute atomic E-state index is 11.9. The highest BCUT2D eigenvalue weighted by Gasteiger charge is 2.09. The molecule has 0 spiro atoms. The predicted molar refractivity (Wildman–Crippen MR) is 44.0 cm³/mol. The lowest BCUT2D eigenvalue weighted by molar-refractivity contribution is -0.384. The Hall–Kier alpha value is -1.49. The molecule has 1 N–H and O–H groups in total. The summed E-state index contributed by atoms with van der Waals surface area (Å²) in [5.74, 6) is 0. The Morgan fingerprint density at radius 1 is 1.46 bits per heavy atom. The summed E-state index contributed by atoms with van der Waals surface area (Å²) in [6, 6.07) is 5.13. The molecule has 0 aromatic heterocycles. The summed E-state index contributed by atoms with van der Waals surface area (Å²) >= 11 is 0. The van der Waals surface area contributed by atoms with Gasteiger partial charge in [0.1, 0.15) is 12.8 Å². The first-order valence-corrected chi connectivity index (χ1v) is 3.63. The molecule has 0 heterocycles. The molecule has 1 unspecified atom stereocenters. The van der Waals surface area contributed by atoms with Crippen molar-refractivity contribution in [1.82, 2.24) is 0 Å². The highest BCUT2D eigenvalue weighted by molar-refractivity contribution is 5.33. The van der Waals surface area contributed by atoms with E-state index in [-0.39, 0.29) is 5.69 Å². The SMILES string of the molecule is O=[N+]([O-])c1ccc(C(O)CF)cc1. The fourth-order valence-electron chi connectivity index (χ4n) is 0.907. The second-order valence-corrected chi connectivity index (χ2v) is 2.52. The van der Waals surface area contributed by atoms with Crippen molar-refractivity contribution in [2.75, 3.05) is 6.67 Å². The average molecular weight is 185 g/mol. The lowest BCUT2D eigenvalue weighted by Crippen LogP contribution is -1.99. The Labute approximate surface area is 73.8 Å². The van der Waals surface area contributed by atoms with Crippen molar-refractivity contribution in [2.45, 2.75) is 6.10 Å². The Balaban J connectivity index is 2.87. The molecule has 0 aliphatic rings. The maximum Gasteiger partial charge on any atom is 0.269 e. The fourth-order valence-corrected chi connectivity index (χ4v) is 0.907. The van der Waals surface area contributed by atoms with Gasteiger partial charge in [-0.1, -0.05) is 0 Å². The number of nitrogens with zero attached hydrogens (tertiary/aromatic N) is 1. The molecule has 0 aliphatic carbocycles. The Bertz CT molecular complexity index is 299. The van der Waals surface area contributed by atoms with Crippen LogP contribution in [0.4, 0.5) is 10.1 Å². The van der Waals surface area contributed by atoms with Crippen LogP contribution in [0.5, 0.6) is 0 Å². The summed E-state index contributed by atoms with van der Waals surface area (Å²) in [5, 5.41) is 19.2. The summed E-state index contributed by atoms with van der Waals surface area (Å²) in [6.07, 6.45) is -1.19. The van der Waals surface area contributed by atoms with Crippen molar-refractivity contribution < 1.29 is 14.4 Å². The molecule has 1 rings (SSSR count). The van der Waals surface area contributed by atoms with E-state index in [0.29, 0.717) is 5.56 Å². The average Bonchev–Trinajstić information content (AvgIpc) is 2.17. The molecule has 0 amide bonds. The van der Waals surface area contributed by atoms with Crippen LogP contribution < -0.4 is 0 Å². The van der Waals surface area contributed by atoms with Crippen LogP contribution in [0.25, 0.3) is 0 Å². The molecule has 0 bridgehead atoms. The van der Waals surface area contributed by atoms with Crippen LogP contribution >= 0.6 is 0 Å². The summed E-state index contributed by atoms with van der Waals surface area (Å²) in [6.45, 7) is -0.891. The summed E-state index contributed by atoms with van der Waals surface area (Å²) in [7, 11) is 0. The van der Waals surface area contributed by atoms with Gasteiger partial charge < -0.3 is 5.11 Å². The number of alkyl halides is 1. The number of non-ortho nitro benzene ring substituents is 1. The number of benzene rings is 1. The van der Waals surface area contributed by atoms with Crippen LogP contribution in [-0.2, 0) is 0 Å². The third-order valence-electron chi connectivity index (χ3n) is 1.63. The molecule has 0 aliphatic heterocycles. The highest BCUT2D eigenvalue weighted by atomic mass is 19.1. The topological polar surface area (TPSA) is 63.4 Å². The molecular formula is C8H8FNO3. The number of halogens is 1. The normalized spacial score (nSPS) is 12.5. The van der Waals surface area contributed by atoms with E-state index in [4.69, 9.17) is 5.11 Å². The van der Waals surface area contributed by atoms with E-state index in [0.717, 1.165) is 0 Å². The summed E-state index contributed by atoms with van der Waals surface area (Å²) in [5.41, 5.74) is 0.267. The van der Waals surface area contributed by atoms with Gasteiger partial charge in [0.2, 0.25) is 0 Å². The van der Waals surface area contributed by atoms with Crippen LogP contribution in [0.15, 0.2) is 24.3 Å². The lowest BCUT2D eigenvalue weighted by atomic mass is 10.1. The second kappa shape index (κ2) is 3.95. The molecule has 0 fully saturated rings. The summed E-state index contributed by atoms with van der Waals surface area (Å²) < 4.78 is 11.9. The minimum atomic E-state index is -1.19. The van der Waals surface area contributed by atoms with Crippen molar-refractivity contribution in [2.24, 2.45) is 0 Å². The standard InChI is InChI=1S/C8H8FNO3/c9-5-8(11)6-1-3-7(4-2-6)10(12)13/h1-4,8,11H,5H2. The van der Waals surface area contributed by atoms with E-state index in [1.54, 1.807) is 0 Å². The number of aliphatic hydroxyl groups is 1. The number of hydrogen-bond acceptors (Lipinski definition) is 3.